The molecule has 1 fully saturated rings. The second kappa shape index (κ2) is 11.0. The molecular weight excluding hydrogens is 472 g/mol. The summed E-state index contributed by atoms with van der Waals surface area (Å²) >= 11 is 5.21. The smallest absolute Gasteiger partial charge is 0.229 e. The van der Waals surface area contributed by atoms with E-state index in [-0.39, 0.29) is 0 Å². The number of aromatic nitrogens is 2. The summed E-state index contributed by atoms with van der Waals surface area (Å²) in [6.07, 6.45) is 7.66. The molecule has 0 saturated carbocycles. The van der Waals surface area contributed by atoms with E-state index in [0.29, 0.717) is 22.5 Å². The van der Waals surface area contributed by atoms with E-state index in [2.05, 4.69) is 38.0 Å². The van der Waals surface area contributed by atoms with Crippen molar-refractivity contribution in [3.63, 3.8) is 0 Å². The van der Waals surface area contributed by atoms with Gasteiger partial charge in [-0.2, -0.15) is 9.29 Å². The number of halogens is 1. The number of hydrogen-bond acceptors (Lipinski definition) is 8. The fraction of sp³-hybridized carbons (Fsp3) is 0.292. The standard InChI is InChI=1S/C24H28ClN6O2S/c1-30(34(3)32)21-10-6-5-9-19(21)27-23-18(25)16-26-24(29-23)28-20-12-11-17(15-22(20)33-2)31-13-7-4-8-14-31/h4-6,9-12,15-16H,7-8,13-14H2,1-3H3,(H2,26,27,28,29). The molecule has 1 saturated heterocycles. The van der Waals surface area contributed by atoms with Gasteiger partial charge in [-0.1, -0.05) is 23.7 Å². The van der Waals surface area contributed by atoms with Crippen molar-refractivity contribution < 1.29 is 9.29 Å². The Kier molecular flexibility index (Phi) is 7.87. The third-order valence-corrected chi connectivity index (χ3v) is 6.87. The maximum Gasteiger partial charge on any atom is 0.229 e. The van der Waals surface area contributed by atoms with E-state index in [1.165, 1.54) is 6.20 Å². The molecule has 0 bridgehead atoms. The third-order valence-electron chi connectivity index (χ3n) is 5.63. The summed E-state index contributed by atoms with van der Waals surface area (Å²) in [5.74, 6) is 1.51. The molecule has 2 N–H and O–H groups in total. The van der Waals surface area contributed by atoms with E-state index in [4.69, 9.17) is 16.3 Å². The lowest BCUT2D eigenvalue weighted by Crippen LogP contribution is -2.29. The van der Waals surface area contributed by atoms with Crippen LogP contribution < -0.4 is 24.6 Å². The number of rotatable bonds is 8. The van der Waals surface area contributed by atoms with Crippen LogP contribution in [-0.4, -0.2) is 48.0 Å². The van der Waals surface area contributed by atoms with Crippen LogP contribution in [0.4, 0.5) is 34.5 Å². The fourth-order valence-corrected chi connectivity index (χ4v) is 4.32. The van der Waals surface area contributed by atoms with Crippen LogP contribution in [0.25, 0.3) is 0 Å². The van der Waals surface area contributed by atoms with Gasteiger partial charge in [0, 0.05) is 24.8 Å². The number of ether oxygens (including phenoxy) is 1. The first kappa shape index (κ1) is 24.3. The Balaban J connectivity index is 1.56. The monoisotopic (exact) mass is 499 g/mol. The average Bonchev–Trinajstić information content (AvgIpc) is 2.86. The van der Waals surface area contributed by atoms with Gasteiger partial charge in [-0.25, -0.2) is 4.98 Å². The molecule has 0 aliphatic carbocycles. The molecule has 1 unspecified atom stereocenters. The van der Waals surface area contributed by atoms with Crippen LogP contribution in [0, 0.1) is 6.42 Å². The maximum absolute atomic E-state index is 12.0. The number of nitrogens with zero attached hydrogens (tertiary/aromatic N) is 4. The van der Waals surface area contributed by atoms with Gasteiger partial charge in [-0.3, -0.25) is 0 Å². The highest BCUT2D eigenvalue weighted by atomic mass is 35.5. The van der Waals surface area contributed by atoms with Crippen LogP contribution >= 0.6 is 11.6 Å². The normalized spacial score (nSPS) is 14.4. The van der Waals surface area contributed by atoms with Crippen molar-refractivity contribution in [1.29, 1.82) is 0 Å². The summed E-state index contributed by atoms with van der Waals surface area (Å²) in [6.45, 7) is 2.01. The van der Waals surface area contributed by atoms with Crippen molar-refractivity contribution in [2.45, 2.75) is 12.8 Å². The van der Waals surface area contributed by atoms with Crippen molar-refractivity contribution in [1.82, 2.24) is 9.97 Å². The molecule has 0 amide bonds. The van der Waals surface area contributed by atoms with Gasteiger partial charge in [0.25, 0.3) is 0 Å². The van der Waals surface area contributed by atoms with Gasteiger partial charge in [0.05, 0.1) is 43.1 Å². The first-order valence-corrected chi connectivity index (χ1v) is 12.8. The summed E-state index contributed by atoms with van der Waals surface area (Å²) in [4.78, 5) is 11.2. The van der Waals surface area contributed by atoms with Crippen molar-refractivity contribution in [3.05, 3.63) is 60.1 Å². The zero-order valence-corrected chi connectivity index (χ0v) is 21.0. The van der Waals surface area contributed by atoms with E-state index in [1.54, 1.807) is 24.7 Å². The number of nitrogens with one attached hydrogen (secondary N) is 2. The molecule has 0 spiro atoms. The Morgan fingerprint density at radius 1 is 1.12 bits per heavy atom. The topological polar surface area (TPSA) is 88.6 Å². The van der Waals surface area contributed by atoms with E-state index in [0.717, 1.165) is 48.7 Å². The molecule has 2 aromatic carbocycles. The first-order chi connectivity index (χ1) is 16.5. The highest BCUT2D eigenvalue weighted by molar-refractivity contribution is 7.92. The van der Waals surface area contributed by atoms with Gasteiger partial charge in [0.1, 0.15) is 22.7 Å². The predicted molar refractivity (Wildman–Crippen MR) is 141 cm³/mol. The minimum absolute atomic E-state index is 0.366. The second-order valence-electron chi connectivity index (χ2n) is 7.82. The summed E-state index contributed by atoms with van der Waals surface area (Å²) in [7, 11) is 3.42. The van der Waals surface area contributed by atoms with Gasteiger partial charge in [-0.15, -0.1) is 0 Å². The summed E-state index contributed by atoms with van der Waals surface area (Å²) < 4.78 is 19.3. The van der Waals surface area contributed by atoms with Crippen LogP contribution in [0.5, 0.6) is 5.75 Å². The summed E-state index contributed by atoms with van der Waals surface area (Å²) in [5.41, 5.74) is 3.38. The van der Waals surface area contributed by atoms with Crippen molar-refractivity contribution in [2.24, 2.45) is 0 Å². The van der Waals surface area contributed by atoms with Gasteiger partial charge in [0.15, 0.2) is 5.82 Å². The molecule has 10 heteroatoms. The van der Waals surface area contributed by atoms with Crippen LogP contribution in [0.2, 0.25) is 5.02 Å². The maximum atomic E-state index is 12.0. The molecular formula is C24H28ClN6O2S. The second-order valence-corrected chi connectivity index (χ2v) is 9.62. The van der Waals surface area contributed by atoms with Gasteiger partial charge >= 0.3 is 0 Å². The summed E-state index contributed by atoms with van der Waals surface area (Å²) in [6, 6.07) is 13.6. The highest BCUT2D eigenvalue weighted by Crippen LogP contribution is 2.34. The van der Waals surface area contributed by atoms with Gasteiger partial charge in [0.2, 0.25) is 5.95 Å². The third kappa shape index (κ3) is 5.60. The quantitative estimate of drug-likeness (QED) is 0.411. The highest BCUT2D eigenvalue weighted by Gasteiger charge is 2.17. The van der Waals surface area contributed by atoms with E-state index >= 15 is 0 Å². The lowest BCUT2D eigenvalue weighted by molar-refractivity contribution is 0.416. The van der Waals surface area contributed by atoms with Crippen LogP contribution in [-0.2, 0) is 11.4 Å². The Morgan fingerprint density at radius 2 is 1.88 bits per heavy atom. The molecule has 1 radical (unpaired) electrons. The predicted octanol–water partition coefficient (Wildman–Crippen LogP) is 5.16. The van der Waals surface area contributed by atoms with Gasteiger partial charge < -0.3 is 24.8 Å². The number of anilines is 6. The van der Waals surface area contributed by atoms with Crippen LogP contribution in [0.1, 0.15) is 12.8 Å². The molecule has 3 aromatic rings. The van der Waals surface area contributed by atoms with Gasteiger partial charge in [-0.05, 0) is 43.5 Å². The Hall–Kier alpha value is -2.88. The van der Waals surface area contributed by atoms with E-state index in [1.807, 2.05) is 36.4 Å². The van der Waals surface area contributed by atoms with Crippen molar-refractivity contribution in [2.75, 3.05) is 53.3 Å². The SMILES string of the molecule is COc1cc(N2CC[CH]CC2)ccc1Nc1ncc(Cl)c(Nc2ccccc2N(C)[S+](C)[O-])n1. The number of para-hydroxylation sites is 2. The molecule has 179 valence electrons. The van der Waals surface area contributed by atoms with Crippen LogP contribution in [0.3, 0.4) is 0 Å². The van der Waals surface area contributed by atoms with Crippen LogP contribution in [0.15, 0.2) is 48.7 Å². The summed E-state index contributed by atoms with van der Waals surface area (Å²) in [5, 5.41) is 6.84. The fourth-order valence-electron chi connectivity index (χ4n) is 3.74. The molecule has 1 atom stereocenters. The molecule has 1 aromatic heterocycles. The van der Waals surface area contributed by atoms with E-state index in [9.17, 15) is 4.55 Å². The Labute approximate surface area is 208 Å². The Morgan fingerprint density at radius 3 is 2.62 bits per heavy atom. The number of benzene rings is 2. The minimum atomic E-state index is -1.18. The number of hydrogen-bond donors (Lipinski definition) is 2. The molecule has 34 heavy (non-hydrogen) atoms. The molecule has 2 heterocycles. The Bertz CT molecular complexity index is 1130. The zero-order valence-electron chi connectivity index (χ0n) is 19.4. The number of piperidine rings is 1. The molecule has 1 aliphatic heterocycles. The average molecular weight is 500 g/mol. The number of methoxy groups -OCH3 is 1. The van der Waals surface area contributed by atoms with Crippen molar-refractivity contribution >= 4 is 57.5 Å². The minimum Gasteiger partial charge on any atom is -0.593 e. The molecule has 1 aliphatic rings. The zero-order chi connectivity index (χ0) is 24.1. The lowest BCUT2D eigenvalue weighted by atomic mass is 10.1. The molecule has 4 rings (SSSR count). The van der Waals surface area contributed by atoms with E-state index < -0.39 is 11.4 Å². The molecule has 8 nitrogen and oxygen atoms in total. The van der Waals surface area contributed by atoms with Crippen molar-refractivity contribution in [3.8, 4) is 5.75 Å². The lowest BCUT2D eigenvalue weighted by Gasteiger charge is -2.29. The first-order valence-electron chi connectivity index (χ1n) is 10.9. The largest absolute Gasteiger partial charge is 0.593 e.